The third kappa shape index (κ3) is 3.80. The molecule has 0 spiro atoms. The highest BCUT2D eigenvalue weighted by Gasteiger charge is 2.17. The van der Waals surface area contributed by atoms with Gasteiger partial charge in [-0.2, -0.15) is 0 Å². The molecule has 0 atom stereocenters. The number of carbonyl (C=O) groups is 1. The van der Waals surface area contributed by atoms with Crippen LogP contribution in [0.25, 0.3) is 10.9 Å². The lowest BCUT2D eigenvalue weighted by molar-refractivity contribution is 0.0696. The van der Waals surface area contributed by atoms with Crippen molar-refractivity contribution in [1.29, 1.82) is 0 Å². The van der Waals surface area contributed by atoms with Crippen LogP contribution in [0, 0.1) is 0 Å². The Kier molecular flexibility index (Phi) is 5.59. The Labute approximate surface area is 167 Å². The van der Waals surface area contributed by atoms with Gasteiger partial charge in [0.25, 0.3) is 0 Å². The van der Waals surface area contributed by atoms with Gasteiger partial charge >= 0.3 is 5.97 Å². The quantitative estimate of drug-likeness (QED) is 0.596. The number of aromatic nitrogens is 1. The first-order chi connectivity index (χ1) is 13.9. The van der Waals surface area contributed by atoms with E-state index in [9.17, 15) is 14.7 Å². The molecule has 0 saturated heterocycles. The fourth-order valence-electron chi connectivity index (χ4n) is 3.16. The summed E-state index contributed by atoms with van der Waals surface area (Å²) in [7, 11) is 3.22. The van der Waals surface area contributed by atoms with Gasteiger partial charge in [-0.1, -0.05) is 12.1 Å². The number of fused-ring (bicyclic) bond motifs is 1. The molecule has 0 fully saturated rings. The molecule has 0 aliphatic carbocycles. The van der Waals surface area contributed by atoms with E-state index in [4.69, 9.17) is 14.6 Å². The minimum Gasteiger partial charge on any atom is -0.507 e. The summed E-state index contributed by atoms with van der Waals surface area (Å²) < 4.78 is 13.0. The first-order valence-corrected chi connectivity index (χ1v) is 8.85. The number of aromatic hydroxyl groups is 1. The summed E-state index contributed by atoms with van der Waals surface area (Å²) >= 11 is 0. The van der Waals surface area contributed by atoms with Crippen molar-refractivity contribution in [2.45, 2.75) is 13.0 Å². The summed E-state index contributed by atoms with van der Waals surface area (Å²) in [5.41, 5.74) is 1.46. The molecule has 7 heteroatoms. The minimum absolute atomic E-state index is 0.0823. The van der Waals surface area contributed by atoms with Gasteiger partial charge in [0.2, 0.25) is 0 Å². The van der Waals surface area contributed by atoms with Gasteiger partial charge in [0, 0.05) is 36.5 Å². The van der Waals surface area contributed by atoms with Gasteiger partial charge in [-0.3, -0.25) is 4.79 Å². The molecule has 150 valence electrons. The molecule has 0 unspecified atom stereocenters. The van der Waals surface area contributed by atoms with Crippen LogP contribution in [0.15, 0.2) is 54.0 Å². The zero-order chi connectivity index (χ0) is 21.1. The summed E-state index contributed by atoms with van der Waals surface area (Å²) in [6.07, 6.45) is 3.54. The molecule has 0 saturated carbocycles. The van der Waals surface area contributed by atoms with E-state index in [0.29, 0.717) is 34.6 Å². The lowest BCUT2D eigenvalue weighted by atomic mass is 10.0. The average Bonchev–Trinajstić information content (AvgIpc) is 2.71. The molecule has 1 heterocycles. The molecule has 0 radical (unpaired) electrons. The van der Waals surface area contributed by atoms with E-state index >= 15 is 0 Å². The van der Waals surface area contributed by atoms with Gasteiger partial charge in [0.15, 0.2) is 5.43 Å². The van der Waals surface area contributed by atoms with Crippen molar-refractivity contribution in [3.63, 3.8) is 0 Å². The van der Waals surface area contributed by atoms with Crippen LogP contribution in [0.5, 0.6) is 17.2 Å². The van der Waals surface area contributed by atoms with Gasteiger partial charge in [0.05, 0.1) is 23.6 Å². The predicted octanol–water partition coefficient (Wildman–Crippen LogP) is 3.26. The van der Waals surface area contributed by atoms with Crippen LogP contribution in [-0.2, 0) is 20.1 Å². The number of phenolic OH excluding ortho intramolecular Hbond substituents is 1. The fourth-order valence-corrected chi connectivity index (χ4v) is 3.16. The molecular formula is C22H21NO6. The molecule has 0 bridgehead atoms. The van der Waals surface area contributed by atoms with Gasteiger partial charge in [-0.25, -0.2) is 4.79 Å². The summed E-state index contributed by atoms with van der Waals surface area (Å²) in [6, 6.07) is 7.61. The summed E-state index contributed by atoms with van der Waals surface area (Å²) in [4.78, 5) is 23.4. The maximum atomic E-state index is 12.3. The van der Waals surface area contributed by atoms with Crippen molar-refractivity contribution in [3.8, 4) is 17.2 Å². The number of pyridine rings is 1. The Morgan fingerprint density at radius 1 is 1.24 bits per heavy atom. The summed E-state index contributed by atoms with van der Waals surface area (Å²) in [5, 5.41) is 20.1. The second-order valence-electron chi connectivity index (χ2n) is 6.50. The number of ether oxygens (including phenoxy) is 2. The fraction of sp³-hybridized carbons (Fsp3) is 0.182. The first kappa shape index (κ1) is 20.0. The van der Waals surface area contributed by atoms with Gasteiger partial charge < -0.3 is 24.3 Å². The SMILES string of the molecule is C=CCc1c(OCc2ccc(C(=O)O)cc2OC)cc2c(c1O)c(=O)ccn2C. The number of carboxylic acids is 1. The van der Waals surface area contributed by atoms with Crippen molar-refractivity contribution in [3.05, 3.63) is 76.1 Å². The smallest absolute Gasteiger partial charge is 0.335 e. The molecular weight excluding hydrogens is 374 g/mol. The number of phenols is 1. The first-order valence-electron chi connectivity index (χ1n) is 8.85. The Bertz CT molecular complexity index is 1160. The van der Waals surface area contributed by atoms with Crippen LogP contribution in [-0.4, -0.2) is 27.9 Å². The maximum absolute atomic E-state index is 12.3. The average molecular weight is 395 g/mol. The van der Waals surface area contributed by atoms with E-state index in [-0.39, 0.29) is 28.7 Å². The van der Waals surface area contributed by atoms with Crippen LogP contribution < -0.4 is 14.9 Å². The van der Waals surface area contributed by atoms with Crippen LogP contribution >= 0.6 is 0 Å². The van der Waals surface area contributed by atoms with Crippen LogP contribution in [0.1, 0.15) is 21.5 Å². The van der Waals surface area contributed by atoms with Gasteiger partial charge in [-0.05, 0) is 18.6 Å². The second-order valence-corrected chi connectivity index (χ2v) is 6.50. The van der Waals surface area contributed by atoms with E-state index in [1.54, 1.807) is 36.0 Å². The number of benzene rings is 2. The normalized spacial score (nSPS) is 10.7. The third-order valence-electron chi connectivity index (χ3n) is 4.69. The highest BCUT2D eigenvalue weighted by molar-refractivity contribution is 5.89. The lowest BCUT2D eigenvalue weighted by Crippen LogP contribution is -2.08. The Morgan fingerprint density at radius 2 is 2.00 bits per heavy atom. The topological polar surface area (TPSA) is 98.0 Å². The standard InChI is InChI=1S/C22H21NO6/c1-4-5-15-19(11-16-20(21(15)25)17(24)8-9-23(16)2)29-12-14-7-6-13(22(26)27)10-18(14)28-3/h4,6-11,25H,1,5,12H2,2-3H3,(H,26,27). The molecule has 0 amide bonds. The number of allylic oxidation sites excluding steroid dienone is 1. The number of methoxy groups -OCH3 is 1. The Morgan fingerprint density at radius 3 is 2.66 bits per heavy atom. The van der Waals surface area contributed by atoms with Crippen molar-refractivity contribution < 1.29 is 24.5 Å². The molecule has 3 rings (SSSR count). The van der Waals surface area contributed by atoms with E-state index in [1.165, 1.54) is 25.3 Å². The Hall–Kier alpha value is -3.74. The van der Waals surface area contributed by atoms with Gasteiger partial charge in [0.1, 0.15) is 23.9 Å². The Balaban J connectivity index is 2.05. The molecule has 0 aliphatic rings. The maximum Gasteiger partial charge on any atom is 0.335 e. The molecule has 2 N–H and O–H groups in total. The zero-order valence-electron chi connectivity index (χ0n) is 16.1. The van der Waals surface area contributed by atoms with Crippen LogP contribution in [0.3, 0.4) is 0 Å². The van der Waals surface area contributed by atoms with Crippen LogP contribution in [0.4, 0.5) is 0 Å². The van der Waals surface area contributed by atoms with Crippen LogP contribution in [0.2, 0.25) is 0 Å². The molecule has 2 aromatic carbocycles. The number of aromatic carboxylic acids is 1. The molecule has 1 aromatic heterocycles. The van der Waals surface area contributed by atoms with E-state index in [1.807, 2.05) is 0 Å². The third-order valence-corrected chi connectivity index (χ3v) is 4.69. The highest BCUT2D eigenvalue weighted by atomic mass is 16.5. The van der Waals surface area contributed by atoms with Crippen molar-refractivity contribution >= 4 is 16.9 Å². The van der Waals surface area contributed by atoms with Crippen molar-refractivity contribution in [1.82, 2.24) is 4.57 Å². The second kappa shape index (κ2) is 8.10. The highest BCUT2D eigenvalue weighted by Crippen LogP contribution is 2.36. The molecule has 29 heavy (non-hydrogen) atoms. The minimum atomic E-state index is -1.05. The van der Waals surface area contributed by atoms with Crippen molar-refractivity contribution in [2.75, 3.05) is 7.11 Å². The number of rotatable bonds is 7. The number of carboxylic acid groups (broad SMARTS) is 1. The molecule has 0 aliphatic heterocycles. The number of hydrogen-bond acceptors (Lipinski definition) is 5. The van der Waals surface area contributed by atoms with Gasteiger partial charge in [-0.15, -0.1) is 6.58 Å². The molecule has 7 nitrogen and oxygen atoms in total. The summed E-state index contributed by atoms with van der Waals surface area (Å²) in [6.45, 7) is 3.79. The summed E-state index contributed by atoms with van der Waals surface area (Å²) in [5.74, 6) is -0.399. The largest absolute Gasteiger partial charge is 0.507 e. The lowest BCUT2D eigenvalue weighted by Gasteiger charge is -2.17. The van der Waals surface area contributed by atoms with Crippen molar-refractivity contribution in [2.24, 2.45) is 7.05 Å². The molecule has 3 aromatic rings. The monoisotopic (exact) mass is 395 g/mol. The zero-order valence-corrected chi connectivity index (χ0v) is 16.1. The van der Waals surface area contributed by atoms with E-state index in [0.717, 1.165) is 0 Å². The number of hydrogen-bond donors (Lipinski definition) is 2. The number of nitrogens with zero attached hydrogens (tertiary/aromatic N) is 1. The number of aryl methyl sites for hydroxylation is 1. The van der Waals surface area contributed by atoms with E-state index < -0.39 is 5.97 Å². The predicted molar refractivity (Wildman–Crippen MR) is 109 cm³/mol. The van der Waals surface area contributed by atoms with E-state index in [2.05, 4.69) is 6.58 Å².